The summed E-state index contributed by atoms with van der Waals surface area (Å²) in [6, 6.07) is 20.4. The van der Waals surface area contributed by atoms with Crippen molar-refractivity contribution >= 4 is 17.3 Å². The van der Waals surface area contributed by atoms with Crippen LogP contribution in [0.4, 0.5) is 0 Å². The molecule has 0 saturated carbocycles. The van der Waals surface area contributed by atoms with Crippen LogP contribution in [-0.2, 0) is 4.79 Å². The zero-order chi connectivity index (χ0) is 19.5. The highest BCUT2D eigenvalue weighted by atomic mass is 16.7. The van der Waals surface area contributed by atoms with E-state index in [9.17, 15) is 9.59 Å². The fraction of sp³-hybridized carbons (Fsp3) is 0.0833. The standard InChI is InChI=1S/C24H14O5/c25-22-14-8-4-5-9-15(14)24-21(23(22)26)20(13-6-2-1-3-7-13)16-10-18-19(28-12-27-18)11-17(16)29-24/h1-11,20H,12H2. The highest BCUT2D eigenvalue weighted by Gasteiger charge is 2.43. The van der Waals surface area contributed by atoms with E-state index in [0.717, 1.165) is 11.1 Å². The monoisotopic (exact) mass is 382 g/mol. The van der Waals surface area contributed by atoms with Crippen molar-refractivity contribution in [2.24, 2.45) is 0 Å². The number of fused-ring (bicyclic) bond motifs is 4. The number of allylic oxidation sites excluding steroid dienone is 1. The van der Waals surface area contributed by atoms with Crippen molar-refractivity contribution in [2.45, 2.75) is 5.92 Å². The maximum atomic E-state index is 13.2. The van der Waals surface area contributed by atoms with Crippen LogP contribution in [0.5, 0.6) is 17.2 Å². The Labute approximate surface area is 166 Å². The highest BCUT2D eigenvalue weighted by Crippen LogP contribution is 2.51. The van der Waals surface area contributed by atoms with Crippen molar-refractivity contribution in [3.05, 3.63) is 94.6 Å². The van der Waals surface area contributed by atoms with Crippen molar-refractivity contribution in [3.63, 3.8) is 0 Å². The van der Waals surface area contributed by atoms with Gasteiger partial charge in [-0.1, -0.05) is 54.6 Å². The van der Waals surface area contributed by atoms with E-state index in [-0.39, 0.29) is 6.79 Å². The highest BCUT2D eigenvalue weighted by molar-refractivity contribution is 6.52. The molecule has 3 aliphatic rings. The molecular weight excluding hydrogens is 368 g/mol. The number of carbonyl (C=O) groups is 2. The van der Waals surface area contributed by atoms with Crippen LogP contribution in [0.1, 0.15) is 33.0 Å². The van der Waals surface area contributed by atoms with Gasteiger partial charge in [-0.25, -0.2) is 0 Å². The van der Waals surface area contributed by atoms with Crippen molar-refractivity contribution in [2.75, 3.05) is 6.79 Å². The molecule has 6 rings (SSSR count). The maximum absolute atomic E-state index is 13.2. The molecule has 140 valence electrons. The Hall–Kier alpha value is -3.86. The maximum Gasteiger partial charge on any atom is 0.234 e. The summed E-state index contributed by atoms with van der Waals surface area (Å²) < 4.78 is 17.3. The Morgan fingerprint density at radius 1 is 0.724 bits per heavy atom. The average molecular weight is 382 g/mol. The first-order valence-corrected chi connectivity index (χ1v) is 9.31. The molecular formula is C24H14O5. The molecule has 29 heavy (non-hydrogen) atoms. The quantitative estimate of drug-likeness (QED) is 0.593. The lowest BCUT2D eigenvalue weighted by Gasteiger charge is -2.33. The lowest BCUT2D eigenvalue weighted by molar-refractivity contribution is -0.112. The van der Waals surface area contributed by atoms with Gasteiger partial charge in [0.15, 0.2) is 11.5 Å². The van der Waals surface area contributed by atoms with Crippen LogP contribution >= 0.6 is 0 Å². The number of carbonyl (C=O) groups excluding carboxylic acids is 2. The Balaban J connectivity index is 1.67. The van der Waals surface area contributed by atoms with Gasteiger partial charge in [0.2, 0.25) is 18.4 Å². The van der Waals surface area contributed by atoms with Gasteiger partial charge in [0.05, 0.1) is 5.57 Å². The molecule has 0 radical (unpaired) electrons. The van der Waals surface area contributed by atoms with Gasteiger partial charge in [-0.2, -0.15) is 0 Å². The first-order valence-electron chi connectivity index (χ1n) is 9.31. The molecule has 2 heterocycles. The molecule has 1 unspecified atom stereocenters. The molecule has 3 aromatic rings. The van der Waals surface area contributed by atoms with E-state index >= 15 is 0 Å². The molecule has 1 atom stereocenters. The van der Waals surface area contributed by atoms with Gasteiger partial charge in [0, 0.05) is 28.7 Å². The minimum absolute atomic E-state index is 0.140. The van der Waals surface area contributed by atoms with Gasteiger partial charge in [-0.05, 0) is 11.6 Å². The average Bonchev–Trinajstić information content (AvgIpc) is 3.22. The van der Waals surface area contributed by atoms with Crippen molar-refractivity contribution in [3.8, 4) is 17.2 Å². The third-order valence-electron chi connectivity index (χ3n) is 5.56. The molecule has 0 spiro atoms. The largest absolute Gasteiger partial charge is 0.456 e. The second-order valence-electron chi connectivity index (χ2n) is 7.14. The molecule has 0 bridgehead atoms. The van der Waals surface area contributed by atoms with E-state index in [1.807, 2.05) is 48.5 Å². The Morgan fingerprint density at radius 3 is 2.21 bits per heavy atom. The number of ketones is 2. The van der Waals surface area contributed by atoms with Crippen LogP contribution in [0.25, 0.3) is 5.76 Å². The van der Waals surface area contributed by atoms with Gasteiger partial charge >= 0.3 is 0 Å². The van der Waals surface area contributed by atoms with E-state index in [1.54, 1.807) is 18.2 Å². The lowest BCUT2D eigenvalue weighted by Crippen LogP contribution is -2.31. The first kappa shape index (κ1) is 16.1. The second kappa shape index (κ2) is 5.82. The van der Waals surface area contributed by atoms with Crippen molar-refractivity contribution in [1.82, 2.24) is 0 Å². The van der Waals surface area contributed by atoms with Crippen LogP contribution < -0.4 is 14.2 Å². The zero-order valence-corrected chi connectivity index (χ0v) is 15.2. The summed E-state index contributed by atoms with van der Waals surface area (Å²) in [6.07, 6.45) is 0. The van der Waals surface area contributed by atoms with E-state index < -0.39 is 17.5 Å². The van der Waals surface area contributed by atoms with Gasteiger partial charge in [0.25, 0.3) is 0 Å². The van der Waals surface area contributed by atoms with E-state index in [1.165, 1.54) is 0 Å². The summed E-state index contributed by atoms with van der Waals surface area (Å²) in [6.45, 7) is 0.140. The number of hydrogen-bond donors (Lipinski definition) is 0. The number of ether oxygens (including phenoxy) is 3. The predicted octanol–water partition coefficient (Wildman–Crippen LogP) is 4.12. The van der Waals surface area contributed by atoms with Crippen molar-refractivity contribution in [1.29, 1.82) is 0 Å². The molecule has 3 aromatic carbocycles. The number of hydrogen-bond acceptors (Lipinski definition) is 5. The van der Waals surface area contributed by atoms with Gasteiger partial charge in [0.1, 0.15) is 11.5 Å². The summed E-state index contributed by atoms with van der Waals surface area (Å²) in [5.74, 6) is 0.765. The van der Waals surface area contributed by atoms with E-state index in [2.05, 4.69) is 0 Å². The normalized spacial score (nSPS) is 18.7. The topological polar surface area (TPSA) is 61.8 Å². The van der Waals surface area contributed by atoms with Gasteiger partial charge in [-0.3, -0.25) is 9.59 Å². The molecule has 0 saturated heterocycles. The lowest BCUT2D eigenvalue weighted by atomic mass is 9.75. The summed E-state index contributed by atoms with van der Waals surface area (Å²) in [5.41, 5.74) is 3.05. The van der Waals surface area contributed by atoms with Crippen LogP contribution in [-0.4, -0.2) is 18.4 Å². The summed E-state index contributed by atoms with van der Waals surface area (Å²) in [4.78, 5) is 26.1. The molecule has 0 aromatic heterocycles. The van der Waals surface area contributed by atoms with Crippen LogP contribution in [0, 0.1) is 0 Å². The number of Topliss-reactive ketones (excluding diaryl/α,β-unsaturated/α-hetero) is 2. The minimum atomic E-state index is -0.532. The van der Waals surface area contributed by atoms with Crippen LogP contribution in [0.3, 0.4) is 0 Å². The number of benzene rings is 3. The van der Waals surface area contributed by atoms with Gasteiger partial charge < -0.3 is 14.2 Å². The molecule has 1 aliphatic carbocycles. The minimum Gasteiger partial charge on any atom is -0.456 e. The molecule has 0 amide bonds. The Bertz CT molecular complexity index is 1240. The summed E-state index contributed by atoms with van der Waals surface area (Å²) in [7, 11) is 0. The van der Waals surface area contributed by atoms with Crippen LogP contribution in [0.2, 0.25) is 0 Å². The SMILES string of the molecule is O=C1C(=O)c2ccccc2C2=C1C(c1ccccc1)c1cc3c(cc1O2)OCO3. The molecule has 5 heteroatoms. The second-order valence-corrected chi connectivity index (χ2v) is 7.14. The molecule has 5 nitrogen and oxygen atoms in total. The van der Waals surface area contributed by atoms with E-state index in [4.69, 9.17) is 14.2 Å². The van der Waals surface area contributed by atoms with Crippen molar-refractivity contribution < 1.29 is 23.8 Å². The first-order chi connectivity index (χ1) is 14.2. The van der Waals surface area contributed by atoms with E-state index in [0.29, 0.717) is 39.7 Å². The fourth-order valence-corrected chi connectivity index (χ4v) is 4.25. The van der Waals surface area contributed by atoms with Gasteiger partial charge in [-0.15, -0.1) is 0 Å². The zero-order valence-electron chi connectivity index (χ0n) is 15.2. The summed E-state index contributed by atoms with van der Waals surface area (Å²) in [5, 5.41) is 0. The third kappa shape index (κ3) is 2.21. The smallest absolute Gasteiger partial charge is 0.234 e. The third-order valence-corrected chi connectivity index (χ3v) is 5.56. The fourth-order valence-electron chi connectivity index (χ4n) is 4.25. The molecule has 0 fully saturated rings. The molecule has 2 aliphatic heterocycles. The molecule has 0 N–H and O–H groups in total. The predicted molar refractivity (Wildman–Crippen MR) is 104 cm³/mol. The number of rotatable bonds is 1. The Morgan fingerprint density at radius 2 is 1.41 bits per heavy atom. The summed E-state index contributed by atoms with van der Waals surface area (Å²) >= 11 is 0. The van der Waals surface area contributed by atoms with Crippen LogP contribution in [0.15, 0.2) is 72.3 Å². The Kier molecular flexibility index (Phi) is 3.23.